The predicted molar refractivity (Wildman–Crippen MR) is 65.9 cm³/mol. The van der Waals surface area contributed by atoms with Gasteiger partial charge in [0.1, 0.15) is 9.84 Å². The lowest BCUT2D eigenvalue weighted by molar-refractivity contribution is 0.410. The highest BCUT2D eigenvalue weighted by Gasteiger charge is 2.09. The maximum atomic E-state index is 11.0. The fourth-order valence-electron chi connectivity index (χ4n) is 1.49. The third kappa shape index (κ3) is 10.2. The van der Waals surface area contributed by atoms with Crippen molar-refractivity contribution in [2.45, 2.75) is 46.1 Å². The SMILES string of the molecule is CCC(CCCS(C)(=O)=O)CNC(C)C. The largest absolute Gasteiger partial charge is 0.314 e. The Balaban J connectivity index is 3.71. The van der Waals surface area contributed by atoms with Gasteiger partial charge in [0.05, 0.1) is 0 Å². The van der Waals surface area contributed by atoms with E-state index in [1.807, 2.05) is 0 Å². The lowest BCUT2D eigenvalue weighted by Crippen LogP contribution is -2.29. The molecule has 1 N–H and O–H groups in total. The minimum Gasteiger partial charge on any atom is -0.314 e. The molecule has 3 nitrogen and oxygen atoms in total. The first-order valence-electron chi connectivity index (χ1n) is 5.76. The smallest absolute Gasteiger partial charge is 0.147 e. The second-order valence-corrected chi connectivity index (χ2v) is 6.87. The fraction of sp³-hybridized carbons (Fsp3) is 1.00. The van der Waals surface area contributed by atoms with Gasteiger partial charge in [-0.25, -0.2) is 8.42 Å². The molecule has 0 saturated heterocycles. The number of rotatable bonds is 8. The van der Waals surface area contributed by atoms with Gasteiger partial charge in [-0.3, -0.25) is 0 Å². The van der Waals surface area contributed by atoms with Gasteiger partial charge in [0.15, 0.2) is 0 Å². The van der Waals surface area contributed by atoms with Crippen LogP contribution in [0.3, 0.4) is 0 Å². The molecule has 0 heterocycles. The Kier molecular flexibility index (Phi) is 7.18. The van der Waals surface area contributed by atoms with Gasteiger partial charge in [-0.2, -0.15) is 0 Å². The second-order valence-electron chi connectivity index (χ2n) is 4.61. The molecule has 92 valence electrons. The molecule has 0 radical (unpaired) electrons. The van der Waals surface area contributed by atoms with Gasteiger partial charge in [-0.1, -0.05) is 27.2 Å². The summed E-state index contributed by atoms with van der Waals surface area (Å²) >= 11 is 0. The average molecular weight is 235 g/mol. The van der Waals surface area contributed by atoms with Crippen LogP contribution in [0.15, 0.2) is 0 Å². The molecule has 0 aliphatic carbocycles. The van der Waals surface area contributed by atoms with E-state index in [0.29, 0.717) is 17.7 Å². The Morgan fingerprint density at radius 1 is 1.27 bits per heavy atom. The third-order valence-electron chi connectivity index (χ3n) is 2.52. The minimum absolute atomic E-state index is 0.325. The first-order chi connectivity index (χ1) is 6.85. The quantitative estimate of drug-likeness (QED) is 0.698. The third-order valence-corrected chi connectivity index (χ3v) is 3.55. The average Bonchev–Trinajstić information content (AvgIpc) is 2.08. The molecule has 0 aliphatic rings. The highest BCUT2D eigenvalue weighted by Crippen LogP contribution is 2.10. The fourth-order valence-corrected chi connectivity index (χ4v) is 2.18. The van der Waals surface area contributed by atoms with Gasteiger partial charge < -0.3 is 5.32 Å². The summed E-state index contributed by atoms with van der Waals surface area (Å²) in [7, 11) is -2.78. The Bertz CT molecular complexity index is 247. The monoisotopic (exact) mass is 235 g/mol. The zero-order valence-electron chi connectivity index (χ0n) is 10.4. The zero-order chi connectivity index (χ0) is 11.9. The van der Waals surface area contributed by atoms with Crippen LogP contribution in [0.5, 0.6) is 0 Å². The van der Waals surface area contributed by atoms with Crippen LogP contribution < -0.4 is 5.32 Å². The summed E-state index contributed by atoms with van der Waals surface area (Å²) < 4.78 is 21.9. The summed E-state index contributed by atoms with van der Waals surface area (Å²) in [6, 6.07) is 0.508. The Hall–Kier alpha value is -0.0900. The number of hydrogen-bond donors (Lipinski definition) is 1. The van der Waals surface area contributed by atoms with E-state index in [1.165, 1.54) is 6.26 Å². The van der Waals surface area contributed by atoms with Crippen molar-refractivity contribution in [2.75, 3.05) is 18.6 Å². The molecule has 0 saturated carbocycles. The van der Waals surface area contributed by atoms with Crippen molar-refractivity contribution in [1.82, 2.24) is 5.32 Å². The van der Waals surface area contributed by atoms with Gasteiger partial charge in [-0.15, -0.1) is 0 Å². The number of sulfone groups is 1. The summed E-state index contributed by atoms with van der Waals surface area (Å²) in [5.41, 5.74) is 0. The van der Waals surface area contributed by atoms with Crippen LogP contribution in [0.4, 0.5) is 0 Å². The molecule has 1 unspecified atom stereocenters. The van der Waals surface area contributed by atoms with Crippen molar-refractivity contribution in [1.29, 1.82) is 0 Å². The lowest BCUT2D eigenvalue weighted by Gasteiger charge is -2.17. The van der Waals surface area contributed by atoms with Crippen LogP contribution in [0.1, 0.15) is 40.0 Å². The summed E-state index contributed by atoms with van der Waals surface area (Å²) in [5.74, 6) is 0.930. The lowest BCUT2D eigenvalue weighted by atomic mass is 10.0. The number of nitrogens with one attached hydrogen (secondary N) is 1. The van der Waals surface area contributed by atoms with E-state index in [4.69, 9.17) is 0 Å². The summed E-state index contributed by atoms with van der Waals surface area (Å²) in [6.45, 7) is 7.41. The molecule has 0 spiro atoms. The first kappa shape index (κ1) is 14.9. The predicted octanol–water partition coefficient (Wildman–Crippen LogP) is 1.84. The number of hydrogen-bond acceptors (Lipinski definition) is 3. The molecule has 4 heteroatoms. The Labute approximate surface area is 94.6 Å². The van der Waals surface area contributed by atoms with Crippen molar-refractivity contribution >= 4 is 9.84 Å². The van der Waals surface area contributed by atoms with Gasteiger partial charge in [0, 0.05) is 18.1 Å². The van der Waals surface area contributed by atoms with E-state index in [0.717, 1.165) is 25.8 Å². The summed E-state index contributed by atoms with van der Waals surface area (Å²) in [6.07, 6.45) is 4.21. The maximum Gasteiger partial charge on any atom is 0.147 e. The molecular formula is C11H25NO2S. The van der Waals surface area contributed by atoms with E-state index in [2.05, 4.69) is 26.1 Å². The standard InChI is InChI=1S/C11H25NO2S/c1-5-11(9-12-10(2)3)7-6-8-15(4,13)14/h10-12H,5-9H2,1-4H3. The van der Waals surface area contributed by atoms with Gasteiger partial charge >= 0.3 is 0 Å². The highest BCUT2D eigenvalue weighted by atomic mass is 32.2. The zero-order valence-corrected chi connectivity index (χ0v) is 11.2. The van der Waals surface area contributed by atoms with Crippen LogP contribution >= 0.6 is 0 Å². The minimum atomic E-state index is -2.78. The molecule has 15 heavy (non-hydrogen) atoms. The van der Waals surface area contributed by atoms with E-state index >= 15 is 0 Å². The molecule has 0 bridgehead atoms. The van der Waals surface area contributed by atoms with Crippen LogP contribution in [0, 0.1) is 5.92 Å². The van der Waals surface area contributed by atoms with Crippen molar-refractivity contribution < 1.29 is 8.42 Å². The molecule has 0 fully saturated rings. The molecule has 0 aromatic rings. The molecular weight excluding hydrogens is 210 g/mol. The van der Waals surface area contributed by atoms with Crippen LogP contribution in [0.25, 0.3) is 0 Å². The normalized spacial score (nSPS) is 14.5. The molecule has 0 rings (SSSR count). The van der Waals surface area contributed by atoms with Crippen LogP contribution in [0.2, 0.25) is 0 Å². The van der Waals surface area contributed by atoms with Crippen molar-refractivity contribution in [2.24, 2.45) is 5.92 Å². The Morgan fingerprint density at radius 3 is 2.27 bits per heavy atom. The van der Waals surface area contributed by atoms with Crippen molar-refractivity contribution in [3.05, 3.63) is 0 Å². The molecule has 0 amide bonds. The van der Waals surface area contributed by atoms with E-state index < -0.39 is 9.84 Å². The van der Waals surface area contributed by atoms with Gasteiger partial charge in [0.2, 0.25) is 0 Å². The van der Waals surface area contributed by atoms with Gasteiger partial charge in [0.25, 0.3) is 0 Å². The van der Waals surface area contributed by atoms with E-state index in [1.54, 1.807) is 0 Å². The molecule has 1 atom stereocenters. The maximum absolute atomic E-state index is 11.0. The van der Waals surface area contributed by atoms with Gasteiger partial charge in [-0.05, 0) is 25.3 Å². The van der Waals surface area contributed by atoms with Crippen molar-refractivity contribution in [3.63, 3.8) is 0 Å². The second kappa shape index (κ2) is 7.23. The summed E-state index contributed by atoms with van der Waals surface area (Å²) in [5, 5.41) is 3.39. The topological polar surface area (TPSA) is 46.2 Å². The van der Waals surface area contributed by atoms with Crippen LogP contribution in [-0.4, -0.2) is 33.0 Å². The Morgan fingerprint density at radius 2 is 1.87 bits per heavy atom. The van der Waals surface area contributed by atoms with Crippen molar-refractivity contribution in [3.8, 4) is 0 Å². The molecule has 0 aliphatic heterocycles. The summed E-state index contributed by atoms with van der Waals surface area (Å²) in [4.78, 5) is 0. The highest BCUT2D eigenvalue weighted by molar-refractivity contribution is 7.90. The molecule has 0 aromatic carbocycles. The van der Waals surface area contributed by atoms with E-state index in [-0.39, 0.29) is 0 Å². The van der Waals surface area contributed by atoms with Crippen LogP contribution in [-0.2, 0) is 9.84 Å². The first-order valence-corrected chi connectivity index (χ1v) is 7.82. The molecule has 0 aromatic heterocycles. The van der Waals surface area contributed by atoms with E-state index in [9.17, 15) is 8.42 Å².